The Morgan fingerprint density at radius 2 is 1.96 bits per heavy atom. The number of ether oxygens (including phenoxy) is 1. The number of hydrogen-bond acceptors (Lipinski definition) is 3. The smallest absolute Gasteiger partial charge is 0.417 e. The van der Waals surface area contributed by atoms with E-state index >= 15 is 0 Å². The lowest BCUT2D eigenvalue weighted by molar-refractivity contribution is -0.271. The quantitative estimate of drug-likeness (QED) is 0.880. The van der Waals surface area contributed by atoms with E-state index in [1.54, 1.807) is 7.11 Å². The molecule has 2 N–H and O–H groups in total. The largest absolute Gasteiger partial charge is 0.496 e. The number of rotatable bonds is 4. The summed E-state index contributed by atoms with van der Waals surface area (Å²) in [5.41, 5.74) is -1.76. The van der Waals surface area contributed by atoms with E-state index in [2.05, 4.69) is 5.32 Å². The van der Waals surface area contributed by atoms with E-state index in [0.717, 1.165) is 11.3 Å². The fraction of sp³-hybridized carbons (Fsp3) is 0.562. The van der Waals surface area contributed by atoms with Gasteiger partial charge in [-0.3, -0.25) is 0 Å². The summed E-state index contributed by atoms with van der Waals surface area (Å²) >= 11 is 0. The zero-order valence-corrected chi connectivity index (χ0v) is 13.4. The first-order valence-corrected chi connectivity index (χ1v) is 7.70. The normalized spacial score (nSPS) is 17.5. The highest BCUT2D eigenvalue weighted by molar-refractivity contribution is 5.74. The van der Waals surface area contributed by atoms with Crippen LogP contribution in [0.25, 0.3) is 0 Å². The number of amides is 2. The van der Waals surface area contributed by atoms with Crippen molar-refractivity contribution in [1.29, 1.82) is 0 Å². The number of nitrogens with zero attached hydrogens (tertiary/aromatic N) is 1. The number of carbonyl (C=O) groups excluding carboxylic acids is 1. The second kappa shape index (κ2) is 7.29. The third kappa shape index (κ3) is 4.11. The molecule has 1 aliphatic heterocycles. The molecule has 2 amide bonds. The van der Waals surface area contributed by atoms with Crippen molar-refractivity contribution in [3.05, 3.63) is 29.8 Å². The van der Waals surface area contributed by atoms with E-state index in [4.69, 9.17) is 4.74 Å². The van der Waals surface area contributed by atoms with Crippen molar-refractivity contribution in [2.45, 2.75) is 31.0 Å². The molecule has 24 heavy (non-hydrogen) atoms. The number of halogens is 3. The standard InChI is InChI=1S/C16H21F3N2O3/c1-24-13-5-3-2-4-12(13)6-9-20-14(22)21-10-7-15(23,8-11-21)16(17,18)19/h2-5,23H,6-11H2,1H3,(H,20,22). The van der Waals surface area contributed by atoms with Gasteiger partial charge in [-0.15, -0.1) is 0 Å². The van der Waals surface area contributed by atoms with Crippen LogP contribution in [-0.2, 0) is 6.42 Å². The molecular formula is C16H21F3N2O3. The molecule has 1 saturated heterocycles. The van der Waals surface area contributed by atoms with Gasteiger partial charge in [0.25, 0.3) is 0 Å². The zero-order valence-electron chi connectivity index (χ0n) is 13.4. The van der Waals surface area contributed by atoms with Crippen LogP contribution in [0.1, 0.15) is 18.4 Å². The maximum atomic E-state index is 12.7. The third-order valence-corrected chi connectivity index (χ3v) is 4.27. The molecule has 0 aromatic heterocycles. The van der Waals surface area contributed by atoms with Crippen molar-refractivity contribution >= 4 is 6.03 Å². The average Bonchev–Trinajstić information content (AvgIpc) is 2.55. The van der Waals surface area contributed by atoms with Crippen molar-refractivity contribution in [1.82, 2.24) is 10.2 Å². The molecule has 1 aromatic rings. The number of likely N-dealkylation sites (tertiary alicyclic amines) is 1. The van der Waals surface area contributed by atoms with Gasteiger partial charge in [0, 0.05) is 32.5 Å². The number of methoxy groups -OCH3 is 1. The van der Waals surface area contributed by atoms with Crippen LogP contribution in [0.5, 0.6) is 5.75 Å². The van der Waals surface area contributed by atoms with Gasteiger partial charge in [-0.2, -0.15) is 13.2 Å². The van der Waals surface area contributed by atoms with Crippen LogP contribution < -0.4 is 10.1 Å². The van der Waals surface area contributed by atoms with E-state index in [1.807, 2.05) is 24.3 Å². The van der Waals surface area contributed by atoms with Gasteiger partial charge in [0.05, 0.1) is 7.11 Å². The highest BCUT2D eigenvalue weighted by Gasteiger charge is 2.54. The van der Waals surface area contributed by atoms with Crippen molar-refractivity contribution < 1.29 is 27.8 Å². The summed E-state index contributed by atoms with van der Waals surface area (Å²) in [6.07, 6.45) is -5.12. The van der Waals surface area contributed by atoms with Crippen molar-refractivity contribution in [2.24, 2.45) is 0 Å². The van der Waals surface area contributed by atoms with Crippen LogP contribution in [0.15, 0.2) is 24.3 Å². The molecule has 0 aliphatic carbocycles. The Labute approximate surface area is 138 Å². The number of para-hydroxylation sites is 1. The number of aliphatic hydroxyl groups is 1. The Morgan fingerprint density at radius 3 is 2.54 bits per heavy atom. The van der Waals surface area contributed by atoms with E-state index in [-0.39, 0.29) is 13.1 Å². The van der Waals surface area contributed by atoms with Crippen LogP contribution in [0, 0.1) is 0 Å². The Balaban J connectivity index is 1.80. The fourth-order valence-corrected chi connectivity index (χ4v) is 2.69. The van der Waals surface area contributed by atoms with Crippen LogP contribution in [0.3, 0.4) is 0 Å². The van der Waals surface area contributed by atoms with E-state index in [9.17, 15) is 23.1 Å². The topological polar surface area (TPSA) is 61.8 Å². The van der Waals surface area contributed by atoms with Crippen molar-refractivity contribution in [3.63, 3.8) is 0 Å². The molecular weight excluding hydrogens is 325 g/mol. The minimum atomic E-state index is -4.67. The lowest BCUT2D eigenvalue weighted by Crippen LogP contribution is -2.55. The number of carbonyl (C=O) groups is 1. The fourth-order valence-electron chi connectivity index (χ4n) is 2.69. The summed E-state index contributed by atoms with van der Waals surface area (Å²) < 4.78 is 43.4. The maximum absolute atomic E-state index is 12.7. The molecule has 0 unspecified atom stereocenters. The van der Waals surface area contributed by atoms with Crippen molar-refractivity contribution in [2.75, 3.05) is 26.7 Å². The molecule has 5 nitrogen and oxygen atoms in total. The minimum absolute atomic E-state index is 0.128. The minimum Gasteiger partial charge on any atom is -0.496 e. The first kappa shape index (κ1) is 18.4. The first-order chi connectivity index (χ1) is 11.3. The summed E-state index contributed by atoms with van der Waals surface area (Å²) in [5.74, 6) is 0.722. The summed E-state index contributed by atoms with van der Waals surface area (Å²) in [6, 6.07) is 6.99. The molecule has 0 atom stereocenters. The predicted molar refractivity (Wildman–Crippen MR) is 81.9 cm³/mol. The monoisotopic (exact) mass is 346 g/mol. The molecule has 0 radical (unpaired) electrons. The van der Waals surface area contributed by atoms with Gasteiger partial charge in [-0.25, -0.2) is 4.79 Å². The average molecular weight is 346 g/mol. The molecule has 1 heterocycles. The highest BCUT2D eigenvalue weighted by atomic mass is 19.4. The molecule has 134 valence electrons. The lowest BCUT2D eigenvalue weighted by Gasteiger charge is -2.39. The lowest BCUT2D eigenvalue weighted by atomic mass is 9.91. The molecule has 0 spiro atoms. The van der Waals surface area contributed by atoms with Crippen LogP contribution >= 0.6 is 0 Å². The van der Waals surface area contributed by atoms with Gasteiger partial charge in [-0.1, -0.05) is 18.2 Å². The van der Waals surface area contributed by atoms with Crippen molar-refractivity contribution in [3.8, 4) is 5.75 Å². The number of piperidine rings is 1. The van der Waals surface area contributed by atoms with Gasteiger partial charge in [0.2, 0.25) is 0 Å². The van der Waals surface area contributed by atoms with Gasteiger partial charge in [0.1, 0.15) is 5.75 Å². The second-order valence-corrected chi connectivity index (χ2v) is 5.81. The predicted octanol–water partition coefficient (Wildman–Crippen LogP) is 2.34. The summed E-state index contributed by atoms with van der Waals surface area (Å²) in [7, 11) is 1.56. The van der Waals surface area contributed by atoms with Crippen LogP contribution in [0.2, 0.25) is 0 Å². The molecule has 1 fully saturated rings. The number of urea groups is 1. The van der Waals surface area contributed by atoms with E-state index < -0.39 is 30.7 Å². The van der Waals surface area contributed by atoms with Gasteiger partial charge >= 0.3 is 12.2 Å². The third-order valence-electron chi connectivity index (χ3n) is 4.27. The Hall–Kier alpha value is -1.96. The Morgan fingerprint density at radius 1 is 1.33 bits per heavy atom. The van der Waals surface area contributed by atoms with Crippen LogP contribution in [0.4, 0.5) is 18.0 Å². The molecule has 1 aromatic carbocycles. The molecule has 0 bridgehead atoms. The number of nitrogens with one attached hydrogen (secondary N) is 1. The number of benzene rings is 1. The zero-order chi connectivity index (χ0) is 17.8. The SMILES string of the molecule is COc1ccccc1CCNC(=O)N1CCC(O)(C(F)(F)F)CC1. The van der Waals surface area contributed by atoms with E-state index in [0.29, 0.717) is 13.0 Å². The second-order valence-electron chi connectivity index (χ2n) is 5.81. The van der Waals surface area contributed by atoms with Gasteiger partial charge < -0.3 is 20.1 Å². The Kier molecular flexibility index (Phi) is 5.58. The van der Waals surface area contributed by atoms with E-state index in [1.165, 1.54) is 4.90 Å². The van der Waals surface area contributed by atoms with Gasteiger partial charge in [-0.05, 0) is 18.1 Å². The van der Waals surface area contributed by atoms with Gasteiger partial charge in [0.15, 0.2) is 5.60 Å². The highest BCUT2D eigenvalue weighted by Crippen LogP contribution is 2.38. The molecule has 8 heteroatoms. The molecule has 2 rings (SSSR count). The summed E-state index contributed by atoms with van der Waals surface area (Å²) in [6.45, 7) is 0.0895. The summed E-state index contributed by atoms with van der Waals surface area (Å²) in [4.78, 5) is 13.3. The first-order valence-electron chi connectivity index (χ1n) is 7.70. The maximum Gasteiger partial charge on any atom is 0.417 e. The van der Waals surface area contributed by atoms with Crippen LogP contribution in [-0.4, -0.2) is 54.6 Å². The molecule has 1 aliphatic rings. The number of hydrogen-bond donors (Lipinski definition) is 2. The number of alkyl halides is 3. The molecule has 0 saturated carbocycles. The Bertz CT molecular complexity index is 570. The summed E-state index contributed by atoms with van der Waals surface area (Å²) in [5, 5.41) is 12.3.